The number of hydrogen-bond acceptors (Lipinski definition) is 6. The maximum Gasteiger partial charge on any atom is 0.263 e. The van der Waals surface area contributed by atoms with Crippen LogP contribution in [0.25, 0.3) is 22.2 Å². The number of fused-ring (bicyclic) bond motifs is 1. The van der Waals surface area contributed by atoms with E-state index in [1.807, 2.05) is 25.3 Å². The first-order valence-corrected chi connectivity index (χ1v) is 10.6. The van der Waals surface area contributed by atoms with Crippen LogP contribution in [-0.2, 0) is 6.42 Å². The third-order valence-electron chi connectivity index (χ3n) is 5.31. The minimum Gasteiger partial charge on any atom is -0.496 e. The van der Waals surface area contributed by atoms with Crippen molar-refractivity contribution >= 4 is 16.7 Å². The Labute approximate surface area is 180 Å². The number of carbonyl (C=O) groups is 1. The number of hydrogen-bond donors (Lipinski definition) is 1. The van der Waals surface area contributed by atoms with Crippen molar-refractivity contribution < 1.29 is 13.9 Å². The second-order valence-electron chi connectivity index (χ2n) is 7.62. The summed E-state index contributed by atoms with van der Waals surface area (Å²) < 4.78 is 10.6. The van der Waals surface area contributed by atoms with E-state index in [1.54, 1.807) is 7.11 Å². The summed E-state index contributed by atoms with van der Waals surface area (Å²) in [6, 6.07) is 8.14. The molecule has 0 bridgehead atoms. The first kappa shape index (κ1) is 20.8. The number of ether oxygens (including phenoxy) is 1. The smallest absolute Gasteiger partial charge is 0.263 e. The van der Waals surface area contributed by atoms with Crippen LogP contribution in [0.4, 0.5) is 0 Å². The Bertz CT molecular complexity index is 1170. The number of H-pyrrole nitrogens is 1. The summed E-state index contributed by atoms with van der Waals surface area (Å²) in [4.78, 5) is 28.3. The van der Waals surface area contributed by atoms with Gasteiger partial charge < -0.3 is 14.1 Å². The van der Waals surface area contributed by atoms with Crippen LogP contribution in [0.3, 0.4) is 0 Å². The van der Waals surface area contributed by atoms with Crippen LogP contribution < -0.4 is 4.74 Å². The lowest BCUT2D eigenvalue weighted by Gasteiger charge is -2.09. The van der Waals surface area contributed by atoms with Gasteiger partial charge in [0.15, 0.2) is 0 Å². The molecule has 7 nitrogen and oxygen atoms in total. The maximum atomic E-state index is 11.9. The zero-order chi connectivity index (χ0) is 21.6. The second kappa shape index (κ2) is 9.55. The van der Waals surface area contributed by atoms with E-state index in [4.69, 9.17) is 9.15 Å². The molecule has 7 heteroatoms. The molecule has 0 saturated carbocycles. The Hall–Kier alpha value is -3.48. The quantitative estimate of drug-likeness (QED) is 0.277. The van der Waals surface area contributed by atoms with E-state index in [2.05, 4.69) is 32.1 Å². The fraction of sp³-hybridized carbons (Fsp3) is 0.333. The third kappa shape index (κ3) is 4.99. The molecule has 0 radical (unpaired) electrons. The molecule has 0 aliphatic heterocycles. The highest BCUT2D eigenvalue weighted by atomic mass is 16.5. The summed E-state index contributed by atoms with van der Waals surface area (Å²) in [5.74, 6) is 1.90. The van der Waals surface area contributed by atoms with Crippen molar-refractivity contribution in [3.8, 4) is 17.0 Å². The van der Waals surface area contributed by atoms with E-state index in [0.29, 0.717) is 6.42 Å². The molecular formula is C24H26N4O3. The molecule has 0 aliphatic carbocycles. The molecule has 0 amide bonds. The lowest BCUT2D eigenvalue weighted by Crippen LogP contribution is -1.99. The van der Waals surface area contributed by atoms with Crippen LogP contribution in [0.1, 0.15) is 54.3 Å². The van der Waals surface area contributed by atoms with Gasteiger partial charge in [-0.25, -0.2) is 9.97 Å². The fourth-order valence-electron chi connectivity index (χ4n) is 3.66. The van der Waals surface area contributed by atoms with Gasteiger partial charge in [-0.1, -0.05) is 18.9 Å². The van der Waals surface area contributed by atoms with Crippen LogP contribution in [0.2, 0.25) is 0 Å². The van der Waals surface area contributed by atoms with Gasteiger partial charge in [-0.2, -0.15) is 0 Å². The van der Waals surface area contributed by atoms with Crippen molar-refractivity contribution in [3.05, 3.63) is 60.3 Å². The Balaban J connectivity index is 1.31. The molecule has 4 rings (SSSR count). The predicted octanol–water partition coefficient (Wildman–Crippen LogP) is 5.31. The summed E-state index contributed by atoms with van der Waals surface area (Å²) in [5, 5.41) is 1.07. The van der Waals surface area contributed by atoms with Crippen molar-refractivity contribution in [1.82, 2.24) is 19.9 Å². The average molecular weight is 418 g/mol. The number of aromatic amines is 1. The van der Waals surface area contributed by atoms with Gasteiger partial charge in [-0.3, -0.25) is 9.78 Å². The van der Waals surface area contributed by atoms with Crippen LogP contribution in [0.15, 0.2) is 47.3 Å². The number of methoxy groups -OCH3 is 1. The van der Waals surface area contributed by atoms with Gasteiger partial charge in [0.2, 0.25) is 5.78 Å². The van der Waals surface area contributed by atoms with Gasteiger partial charge in [-0.15, -0.1) is 0 Å². The van der Waals surface area contributed by atoms with E-state index in [-0.39, 0.29) is 11.7 Å². The lowest BCUT2D eigenvalue weighted by molar-refractivity contribution is 0.0945. The Morgan fingerprint density at radius 1 is 1.13 bits per heavy atom. The normalized spacial score (nSPS) is 11.2. The number of aryl methyl sites for hydroxylation is 2. The molecule has 1 aromatic carbocycles. The number of pyridine rings is 1. The molecule has 31 heavy (non-hydrogen) atoms. The highest BCUT2D eigenvalue weighted by molar-refractivity contribution is 5.91. The summed E-state index contributed by atoms with van der Waals surface area (Å²) >= 11 is 0. The SMILES string of the molecule is COc1cc2nc(C)ccc2cc1-c1cnc(CCCCCCC(=O)c2ncco2)[nH]1. The average Bonchev–Trinajstić information content (AvgIpc) is 3.47. The van der Waals surface area contributed by atoms with Gasteiger partial charge in [0.05, 0.1) is 30.7 Å². The summed E-state index contributed by atoms with van der Waals surface area (Å²) in [7, 11) is 1.67. The predicted molar refractivity (Wildman–Crippen MR) is 118 cm³/mol. The van der Waals surface area contributed by atoms with Crippen LogP contribution in [0.5, 0.6) is 5.75 Å². The van der Waals surface area contributed by atoms with E-state index in [0.717, 1.165) is 71.5 Å². The Kier molecular flexibility index (Phi) is 6.40. The van der Waals surface area contributed by atoms with E-state index in [1.165, 1.54) is 12.5 Å². The minimum absolute atomic E-state index is 0.0321. The van der Waals surface area contributed by atoms with Crippen LogP contribution in [-0.4, -0.2) is 32.8 Å². The molecule has 160 valence electrons. The van der Waals surface area contributed by atoms with Gasteiger partial charge >= 0.3 is 0 Å². The third-order valence-corrected chi connectivity index (χ3v) is 5.31. The number of nitrogens with zero attached hydrogens (tertiary/aromatic N) is 3. The van der Waals surface area contributed by atoms with Gasteiger partial charge in [0.25, 0.3) is 5.89 Å². The standard InChI is InChI=1S/C24H26N4O3/c1-16-9-10-17-13-18(22(30-2)14-19(17)27-16)20-15-26-23(28-20)8-6-4-3-5-7-21(29)24-25-11-12-31-24/h9-15H,3-8H2,1-2H3,(H,26,28). The molecule has 4 aromatic rings. The van der Waals surface area contributed by atoms with Crippen LogP contribution in [0, 0.1) is 6.92 Å². The second-order valence-corrected chi connectivity index (χ2v) is 7.62. The zero-order valence-electron chi connectivity index (χ0n) is 17.9. The van der Waals surface area contributed by atoms with Crippen molar-refractivity contribution in [1.29, 1.82) is 0 Å². The number of benzene rings is 1. The molecule has 3 aromatic heterocycles. The highest BCUT2D eigenvalue weighted by Gasteiger charge is 2.12. The molecule has 0 aliphatic rings. The van der Waals surface area contributed by atoms with Crippen molar-refractivity contribution in [3.63, 3.8) is 0 Å². The monoisotopic (exact) mass is 418 g/mol. The topological polar surface area (TPSA) is 93.9 Å². The number of imidazole rings is 1. The number of unbranched alkanes of at least 4 members (excludes halogenated alkanes) is 3. The molecule has 0 atom stereocenters. The number of Topliss-reactive ketones (excluding diaryl/α,β-unsaturated/α-hetero) is 1. The van der Waals surface area contributed by atoms with E-state index >= 15 is 0 Å². The van der Waals surface area contributed by atoms with Gasteiger partial charge in [0, 0.05) is 35.6 Å². The zero-order valence-corrected chi connectivity index (χ0v) is 17.9. The highest BCUT2D eigenvalue weighted by Crippen LogP contribution is 2.33. The van der Waals surface area contributed by atoms with Crippen molar-refractivity contribution in [2.45, 2.75) is 45.4 Å². The summed E-state index contributed by atoms with van der Waals surface area (Å²) in [5.41, 5.74) is 3.81. The van der Waals surface area contributed by atoms with Crippen molar-refractivity contribution in [2.24, 2.45) is 0 Å². The molecule has 1 N–H and O–H groups in total. The minimum atomic E-state index is -0.0321. The number of ketones is 1. The molecule has 0 saturated heterocycles. The lowest BCUT2D eigenvalue weighted by atomic mass is 10.1. The van der Waals surface area contributed by atoms with Crippen molar-refractivity contribution in [2.75, 3.05) is 7.11 Å². The van der Waals surface area contributed by atoms with Gasteiger partial charge in [-0.05, 0) is 31.9 Å². The molecule has 0 unspecified atom stereocenters. The molecule has 0 spiro atoms. The number of oxazole rings is 1. The number of rotatable bonds is 10. The molecule has 3 heterocycles. The Morgan fingerprint density at radius 3 is 2.81 bits per heavy atom. The first-order valence-electron chi connectivity index (χ1n) is 10.6. The maximum absolute atomic E-state index is 11.9. The number of carbonyl (C=O) groups excluding carboxylic acids is 1. The largest absolute Gasteiger partial charge is 0.496 e. The van der Waals surface area contributed by atoms with Gasteiger partial charge in [0.1, 0.15) is 17.8 Å². The fourth-order valence-corrected chi connectivity index (χ4v) is 3.66. The summed E-state index contributed by atoms with van der Waals surface area (Å²) in [6.45, 7) is 1.98. The van der Waals surface area contributed by atoms with Crippen LogP contribution >= 0.6 is 0 Å². The first-order chi connectivity index (χ1) is 15.1. The number of aromatic nitrogens is 4. The van der Waals surface area contributed by atoms with E-state index in [9.17, 15) is 4.79 Å². The summed E-state index contributed by atoms with van der Waals surface area (Å²) in [6.07, 6.45) is 10.0. The molecule has 0 fully saturated rings. The number of nitrogens with one attached hydrogen (secondary N) is 1. The Morgan fingerprint density at radius 2 is 2.00 bits per heavy atom. The van der Waals surface area contributed by atoms with E-state index < -0.39 is 0 Å². The molecular weight excluding hydrogens is 392 g/mol.